The monoisotopic (exact) mass is 592 g/mol. The number of aliphatic hydroxyl groups excluding tert-OH is 6. The average molecular weight is 593 g/mol. The van der Waals surface area contributed by atoms with Crippen LogP contribution in [-0.2, 0) is 14.2 Å². The second-order valence-corrected chi connectivity index (χ2v) is 10.3. The van der Waals surface area contributed by atoms with Crippen molar-refractivity contribution in [1.82, 2.24) is 0 Å². The minimum Gasteiger partial charge on any atom is -0.507 e. The van der Waals surface area contributed by atoms with Crippen LogP contribution >= 0.6 is 0 Å². The summed E-state index contributed by atoms with van der Waals surface area (Å²) in [6.45, 7) is 0.635. The first kappa shape index (κ1) is 30.2. The predicted octanol–water partition coefficient (Wildman–Crippen LogP) is -0.754. The van der Waals surface area contributed by atoms with E-state index in [1.54, 1.807) is 24.3 Å². The Morgan fingerprint density at radius 1 is 0.857 bits per heavy atom. The summed E-state index contributed by atoms with van der Waals surface area (Å²) >= 11 is 0. The van der Waals surface area contributed by atoms with Gasteiger partial charge in [-0.3, -0.25) is 4.79 Å². The number of aromatic hydroxyl groups is 2. The fourth-order valence-corrected chi connectivity index (χ4v) is 5.25. The van der Waals surface area contributed by atoms with Gasteiger partial charge in [0.15, 0.2) is 17.3 Å². The van der Waals surface area contributed by atoms with Crippen LogP contribution in [0.1, 0.15) is 18.6 Å². The van der Waals surface area contributed by atoms with Crippen molar-refractivity contribution < 1.29 is 64.2 Å². The molecule has 228 valence electrons. The Morgan fingerprint density at radius 2 is 1.55 bits per heavy atom. The summed E-state index contributed by atoms with van der Waals surface area (Å²) in [4.78, 5) is 13.2. The highest BCUT2D eigenvalue weighted by molar-refractivity contribution is 5.89. The molecular weight excluding hydrogens is 560 g/mol. The maximum atomic E-state index is 13.2. The van der Waals surface area contributed by atoms with Crippen LogP contribution in [0.2, 0.25) is 0 Å². The first-order valence-corrected chi connectivity index (χ1v) is 13.1. The molecule has 42 heavy (non-hydrogen) atoms. The van der Waals surface area contributed by atoms with Crippen molar-refractivity contribution in [3.63, 3.8) is 0 Å². The number of ether oxygens (including phenoxy) is 4. The predicted molar refractivity (Wildman–Crippen MR) is 142 cm³/mol. The Morgan fingerprint density at radius 3 is 2.19 bits per heavy atom. The van der Waals surface area contributed by atoms with Gasteiger partial charge in [0.05, 0.1) is 25.4 Å². The highest BCUT2D eigenvalue weighted by Crippen LogP contribution is 2.45. The summed E-state index contributed by atoms with van der Waals surface area (Å²) in [6.07, 6.45) is -15.9. The average Bonchev–Trinajstić information content (AvgIpc) is 2.97. The van der Waals surface area contributed by atoms with Gasteiger partial charge in [-0.2, -0.15) is 0 Å². The maximum Gasteiger partial charge on any atom is 0.197 e. The van der Waals surface area contributed by atoms with E-state index in [9.17, 15) is 45.6 Å². The van der Waals surface area contributed by atoms with E-state index in [0.29, 0.717) is 11.3 Å². The topological polar surface area (TPSA) is 229 Å². The van der Waals surface area contributed by atoms with Gasteiger partial charge in [-0.25, -0.2) is 0 Å². The third-order valence-corrected chi connectivity index (χ3v) is 7.62. The standard InChI is InChI=1S/C28H32O14/c1-10-20(33)22(35)24(37)28(39-10)42-27-23(36)21(34)17(9-29)41-26(27)19-14(31)7-13(30)18-15(32)8-16(40-25(18)19)11-3-5-12(38-2)6-4-11/h3-8,10,17,20-24,26-31,33-37H,9H2,1-2H3/t10-,17-,20+,21+,22+,23+,24+,26+,27-,28+/m1/s1. The molecule has 0 unspecified atom stereocenters. The highest BCUT2D eigenvalue weighted by Gasteiger charge is 2.51. The van der Waals surface area contributed by atoms with E-state index in [0.717, 1.165) is 12.1 Å². The largest absolute Gasteiger partial charge is 0.507 e. The van der Waals surface area contributed by atoms with Gasteiger partial charge in [0.2, 0.25) is 0 Å². The molecule has 0 amide bonds. The molecule has 3 heterocycles. The summed E-state index contributed by atoms with van der Waals surface area (Å²) in [5.41, 5.74) is -0.891. The van der Waals surface area contributed by atoms with E-state index < -0.39 is 84.8 Å². The lowest BCUT2D eigenvalue weighted by molar-refractivity contribution is -0.338. The van der Waals surface area contributed by atoms with Crippen molar-refractivity contribution in [2.45, 2.75) is 68.1 Å². The molecule has 10 atom stereocenters. The lowest BCUT2D eigenvalue weighted by Gasteiger charge is -2.46. The molecule has 0 bridgehead atoms. The molecule has 0 spiro atoms. The highest BCUT2D eigenvalue weighted by atomic mass is 16.7. The first-order valence-electron chi connectivity index (χ1n) is 13.1. The quantitative estimate of drug-likeness (QED) is 0.176. The van der Waals surface area contributed by atoms with Crippen LogP contribution in [0.25, 0.3) is 22.3 Å². The van der Waals surface area contributed by atoms with E-state index in [-0.39, 0.29) is 22.3 Å². The van der Waals surface area contributed by atoms with Crippen molar-refractivity contribution in [3.8, 4) is 28.6 Å². The molecule has 2 aromatic carbocycles. The Hall–Kier alpha value is -3.31. The molecule has 3 aromatic rings. The minimum atomic E-state index is -1.84. The maximum absolute atomic E-state index is 13.2. The zero-order valence-electron chi connectivity index (χ0n) is 22.5. The number of rotatable bonds is 6. The molecule has 2 aliphatic rings. The lowest BCUT2D eigenvalue weighted by atomic mass is 9.89. The van der Waals surface area contributed by atoms with Crippen molar-refractivity contribution in [3.05, 3.63) is 52.2 Å². The first-order chi connectivity index (χ1) is 20.0. The number of methoxy groups -OCH3 is 1. The van der Waals surface area contributed by atoms with E-state index >= 15 is 0 Å². The van der Waals surface area contributed by atoms with Crippen LogP contribution in [0.5, 0.6) is 17.2 Å². The molecule has 8 N–H and O–H groups in total. The van der Waals surface area contributed by atoms with Crippen LogP contribution in [0, 0.1) is 0 Å². The number of hydrogen-bond donors (Lipinski definition) is 8. The number of phenolic OH excluding ortho intramolecular Hbond substituents is 2. The third-order valence-electron chi connectivity index (χ3n) is 7.62. The Balaban J connectivity index is 1.66. The van der Waals surface area contributed by atoms with Crippen LogP contribution in [0.4, 0.5) is 0 Å². The molecule has 2 aliphatic heterocycles. The van der Waals surface area contributed by atoms with Gasteiger partial charge >= 0.3 is 0 Å². The molecule has 5 rings (SSSR count). The second-order valence-electron chi connectivity index (χ2n) is 10.3. The third kappa shape index (κ3) is 5.21. The minimum absolute atomic E-state index is 0.0333. The molecule has 1 aromatic heterocycles. The van der Waals surface area contributed by atoms with E-state index in [4.69, 9.17) is 23.4 Å². The smallest absolute Gasteiger partial charge is 0.197 e. The van der Waals surface area contributed by atoms with Crippen molar-refractivity contribution in [2.24, 2.45) is 0 Å². The van der Waals surface area contributed by atoms with Crippen LogP contribution in [-0.4, -0.2) is 110 Å². The lowest BCUT2D eigenvalue weighted by Crippen LogP contribution is -2.61. The number of fused-ring (bicyclic) bond motifs is 1. The number of benzene rings is 2. The van der Waals surface area contributed by atoms with Gasteiger partial charge in [0, 0.05) is 17.7 Å². The van der Waals surface area contributed by atoms with Crippen LogP contribution in [0.15, 0.2) is 45.6 Å². The summed E-state index contributed by atoms with van der Waals surface area (Å²) in [6, 6.07) is 8.47. The number of hydrogen-bond acceptors (Lipinski definition) is 14. The van der Waals surface area contributed by atoms with E-state index in [1.165, 1.54) is 14.0 Å². The zero-order chi connectivity index (χ0) is 30.5. The van der Waals surface area contributed by atoms with Crippen molar-refractivity contribution in [2.75, 3.05) is 13.7 Å². The molecule has 0 radical (unpaired) electrons. The van der Waals surface area contributed by atoms with Gasteiger partial charge in [-0.15, -0.1) is 0 Å². The summed E-state index contributed by atoms with van der Waals surface area (Å²) in [5.74, 6) is -0.699. The molecular formula is C28H32O14. The Labute approximate surface area is 238 Å². The zero-order valence-corrected chi connectivity index (χ0v) is 22.5. The van der Waals surface area contributed by atoms with E-state index in [1.807, 2.05) is 0 Å². The number of aliphatic hydroxyl groups is 6. The molecule has 14 nitrogen and oxygen atoms in total. The summed E-state index contributed by atoms with van der Waals surface area (Å²) in [7, 11) is 1.48. The Kier molecular flexibility index (Phi) is 8.44. The van der Waals surface area contributed by atoms with Crippen molar-refractivity contribution in [1.29, 1.82) is 0 Å². The molecule has 2 saturated heterocycles. The second kappa shape index (κ2) is 11.8. The van der Waals surface area contributed by atoms with Gasteiger partial charge in [-0.1, -0.05) is 0 Å². The van der Waals surface area contributed by atoms with E-state index in [2.05, 4.69) is 0 Å². The molecule has 0 aliphatic carbocycles. The van der Waals surface area contributed by atoms with Crippen molar-refractivity contribution >= 4 is 11.0 Å². The fourth-order valence-electron chi connectivity index (χ4n) is 5.25. The molecule has 14 heteroatoms. The molecule has 0 saturated carbocycles. The van der Waals surface area contributed by atoms with Gasteiger partial charge < -0.3 is 64.2 Å². The van der Waals surface area contributed by atoms with Gasteiger partial charge in [0.1, 0.15) is 77.2 Å². The summed E-state index contributed by atoms with van der Waals surface area (Å²) in [5, 5.41) is 83.7. The van der Waals surface area contributed by atoms with Gasteiger partial charge in [0.25, 0.3) is 0 Å². The van der Waals surface area contributed by atoms with Crippen LogP contribution < -0.4 is 10.2 Å². The SMILES string of the molecule is COc1ccc(-c2cc(=O)c3c(O)cc(O)c([C@@H]4O[C@H](CO)[C@H](O)[C@H](O)[C@H]4O[C@@H]4O[C@H](C)[C@H](O)[C@H](O)[C@@H]4O)c3o2)cc1. The Bertz CT molecular complexity index is 1470. The van der Waals surface area contributed by atoms with Crippen LogP contribution in [0.3, 0.4) is 0 Å². The number of phenols is 2. The molecule has 2 fully saturated rings. The summed E-state index contributed by atoms with van der Waals surface area (Å²) < 4.78 is 28.4. The fraction of sp³-hybridized carbons (Fsp3) is 0.464. The normalized spacial score (nSPS) is 33.5. The van der Waals surface area contributed by atoms with Gasteiger partial charge in [-0.05, 0) is 31.2 Å².